The van der Waals surface area contributed by atoms with Crippen LogP contribution < -0.4 is 16.4 Å². The van der Waals surface area contributed by atoms with E-state index in [1.165, 1.54) is 0 Å². The van der Waals surface area contributed by atoms with E-state index in [0.29, 0.717) is 13.0 Å². The lowest BCUT2D eigenvalue weighted by molar-refractivity contribution is -0.133. The van der Waals surface area contributed by atoms with Gasteiger partial charge in [0.25, 0.3) is 0 Å². The van der Waals surface area contributed by atoms with Gasteiger partial charge in [0.2, 0.25) is 11.8 Å². The molecule has 3 rings (SSSR count). The second-order valence-electron chi connectivity index (χ2n) is 7.53. The Bertz CT molecular complexity index is 459. The molecule has 0 aromatic rings. The molecule has 0 spiro atoms. The van der Waals surface area contributed by atoms with Crippen LogP contribution in [-0.4, -0.2) is 65.7 Å². The van der Waals surface area contributed by atoms with Crippen LogP contribution in [0.1, 0.15) is 44.9 Å². The Balaban J connectivity index is 1.42. The van der Waals surface area contributed by atoms with Crippen LogP contribution in [0, 0.1) is 5.92 Å². The van der Waals surface area contributed by atoms with E-state index < -0.39 is 12.1 Å². The fourth-order valence-electron chi connectivity index (χ4n) is 4.19. The Hall–Kier alpha value is -1.18. The Morgan fingerprint density at radius 2 is 1.83 bits per heavy atom. The molecule has 0 aromatic heterocycles. The number of hydrogen-bond donors (Lipinski definition) is 4. The summed E-state index contributed by atoms with van der Waals surface area (Å²) >= 11 is 0. The number of carbonyl (C=O) groups excluding carboxylic acids is 2. The van der Waals surface area contributed by atoms with Crippen LogP contribution in [0.2, 0.25) is 0 Å². The molecule has 3 aliphatic rings. The molecule has 24 heavy (non-hydrogen) atoms. The van der Waals surface area contributed by atoms with Gasteiger partial charge in [0, 0.05) is 25.7 Å². The first-order valence-corrected chi connectivity index (χ1v) is 9.31. The Morgan fingerprint density at radius 3 is 2.42 bits per heavy atom. The fourth-order valence-corrected chi connectivity index (χ4v) is 4.19. The van der Waals surface area contributed by atoms with Gasteiger partial charge in [0.1, 0.15) is 0 Å². The topological polar surface area (TPSA) is 108 Å². The molecule has 136 valence electrons. The largest absolute Gasteiger partial charge is 0.392 e. The Morgan fingerprint density at radius 1 is 1.17 bits per heavy atom. The van der Waals surface area contributed by atoms with E-state index >= 15 is 0 Å². The maximum atomic E-state index is 12.4. The van der Waals surface area contributed by atoms with Gasteiger partial charge in [-0.25, -0.2) is 0 Å². The van der Waals surface area contributed by atoms with Crippen molar-refractivity contribution in [2.75, 3.05) is 19.6 Å². The van der Waals surface area contributed by atoms with Crippen LogP contribution in [-0.2, 0) is 9.59 Å². The van der Waals surface area contributed by atoms with Crippen LogP contribution in [0.25, 0.3) is 0 Å². The van der Waals surface area contributed by atoms with Gasteiger partial charge in [-0.3, -0.25) is 9.59 Å². The second-order valence-corrected chi connectivity index (χ2v) is 7.53. The third kappa shape index (κ3) is 4.07. The van der Waals surface area contributed by atoms with Crippen molar-refractivity contribution < 1.29 is 14.7 Å². The SMILES string of the molecule is N[C@H](C(=O)N1CCCC1)C1CCC(NC(=O)C2CC(O)CN2)CC1. The number of likely N-dealkylation sites (tertiary alicyclic amines) is 1. The lowest BCUT2D eigenvalue weighted by Gasteiger charge is -2.33. The summed E-state index contributed by atoms with van der Waals surface area (Å²) < 4.78 is 0. The summed E-state index contributed by atoms with van der Waals surface area (Å²) in [5.41, 5.74) is 6.22. The van der Waals surface area contributed by atoms with Gasteiger partial charge < -0.3 is 26.4 Å². The number of nitrogens with one attached hydrogen (secondary N) is 2. The van der Waals surface area contributed by atoms with Crippen LogP contribution in [0.3, 0.4) is 0 Å². The van der Waals surface area contributed by atoms with Gasteiger partial charge >= 0.3 is 0 Å². The molecule has 3 atom stereocenters. The summed E-state index contributed by atoms with van der Waals surface area (Å²) in [5.74, 6) is 0.300. The standard InChI is InChI=1S/C17H30N4O3/c18-15(17(24)21-7-1-2-8-21)11-3-5-12(6-4-11)20-16(23)14-9-13(22)10-19-14/h11-15,19,22H,1-10,18H2,(H,20,23)/t11?,12?,13?,14?,15-/m0/s1. The number of nitrogens with two attached hydrogens (primary N) is 1. The summed E-state index contributed by atoms with van der Waals surface area (Å²) in [4.78, 5) is 26.5. The Labute approximate surface area is 143 Å². The summed E-state index contributed by atoms with van der Waals surface area (Å²) in [5, 5.41) is 15.6. The van der Waals surface area contributed by atoms with Crippen molar-refractivity contribution in [1.82, 2.24) is 15.5 Å². The maximum Gasteiger partial charge on any atom is 0.239 e. The molecule has 2 aliphatic heterocycles. The van der Waals surface area contributed by atoms with E-state index in [-0.39, 0.29) is 29.8 Å². The number of amides is 2. The number of β-amino-alcohol motifs (C(OH)–C–C–N with tert-alkyl or cyclic N) is 1. The van der Waals surface area contributed by atoms with Crippen molar-refractivity contribution >= 4 is 11.8 Å². The van der Waals surface area contributed by atoms with Crippen molar-refractivity contribution in [3.63, 3.8) is 0 Å². The number of hydrogen-bond acceptors (Lipinski definition) is 5. The predicted octanol–water partition coefficient (Wildman–Crippen LogP) is -0.666. The maximum absolute atomic E-state index is 12.4. The van der Waals surface area contributed by atoms with E-state index in [9.17, 15) is 14.7 Å². The first-order chi connectivity index (χ1) is 11.5. The molecule has 2 heterocycles. The normalized spacial score (nSPS) is 35.0. The average Bonchev–Trinajstić information content (AvgIpc) is 3.26. The lowest BCUT2D eigenvalue weighted by atomic mass is 9.81. The highest BCUT2D eigenvalue weighted by atomic mass is 16.3. The minimum absolute atomic E-state index is 0.0209. The van der Waals surface area contributed by atoms with Crippen LogP contribution in [0.5, 0.6) is 0 Å². The number of rotatable bonds is 4. The first-order valence-electron chi connectivity index (χ1n) is 9.31. The molecule has 7 nitrogen and oxygen atoms in total. The quantitative estimate of drug-likeness (QED) is 0.544. The van der Waals surface area contributed by atoms with E-state index in [1.54, 1.807) is 0 Å². The zero-order valence-electron chi connectivity index (χ0n) is 14.2. The summed E-state index contributed by atoms with van der Waals surface area (Å²) in [6.45, 7) is 2.18. The highest BCUT2D eigenvalue weighted by Gasteiger charge is 2.34. The van der Waals surface area contributed by atoms with Gasteiger partial charge in [0.15, 0.2) is 0 Å². The molecule has 1 saturated carbocycles. The number of nitrogens with zero attached hydrogens (tertiary/aromatic N) is 1. The van der Waals surface area contributed by atoms with E-state index in [0.717, 1.165) is 51.6 Å². The fraction of sp³-hybridized carbons (Fsp3) is 0.882. The molecule has 1 aliphatic carbocycles. The third-order valence-corrected chi connectivity index (χ3v) is 5.75. The van der Waals surface area contributed by atoms with Gasteiger partial charge in [-0.2, -0.15) is 0 Å². The highest BCUT2D eigenvalue weighted by Crippen LogP contribution is 2.28. The molecule has 5 N–H and O–H groups in total. The smallest absolute Gasteiger partial charge is 0.239 e. The van der Waals surface area contributed by atoms with Gasteiger partial charge in [0.05, 0.1) is 18.2 Å². The van der Waals surface area contributed by atoms with Gasteiger partial charge in [-0.15, -0.1) is 0 Å². The summed E-state index contributed by atoms with van der Waals surface area (Å²) in [7, 11) is 0. The first kappa shape index (κ1) is 17.6. The lowest BCUT2D eigenvalue weighted by Crippen LogP contribution is -2.50. The second kappa shape index (κ2) is 7.80. The highest BCUT2D eigenvalue weighted by molar-refractivity contribution is 5.83. The molecule has 3 fully saturated rings. The van der Waals surface area contributed by atoms with Gasteiger partial charge in [-0.05, 0) is 50.9 Å². The van der Waals surface area contributed by atoms with Crippen molar-refractivity contribution in [1.29, 1.82) is 0 Å². The molecular formula is C17H30N4O3. The zero-order chi connectivity index (χ0) is 17.1. The minimum Gasteiger partial charge on any atom is -0.392 e. The van der Waals surface area contributed by atoms with E-state index in [2.05, 4.69) is 10.6 Å². The molecular weight excluding hydrogens is 308 g/mol. The van der Waals surface area contributed by atoms with Crippen LogP contribution in [0.15, 0.2) is 0 Å². The average molecular weight is 338 g/mol. The molecule has 2 saturated heterocycles. The van der Waals surface area contributed by atoms with Gasteiger partial charge in [-0.1, -0.05) is 0 Å². The molecule has 0 aromatic carbocycles. The monoisotopic (exact) mass is 338 g/mol. The molecule has 2 amide bonds. The Kier molecular flexibility index (Phi) is 5.73. The van der Waals surface area contributed by atoms with Crippen LogP contribution >= 0.6 is 0 Å². The van der Waals surface area contributed by atoms with E-state index in [4.69, 9.17) is 5.73 Å². The molecule has 0 radical (unpaired) electrons. The van der Waals surface area contributed by atoms with Crippen LogP contribution in [0.4, 0.5) is 0 Å². The molecule has 7 heteroatoms. The molecule has 2 unspecified atom stereocenters. The van der Waals surface area contributed by atoms with Crippen molar-refractivity contribution in [3.8, 4) is 0 Å². The zero-order valence-corrected chi connectivity index (χ0v) is 14.2. The summed E-state index contributed by atoms with van der Waals surface area (Å²) in [6.07, 6.45) is 5.72. The number of aliphatic hydroxyl groups excluding tert-OH is 1. The number of carbonyl (C=O) groups is 2. The van der Waals surface area contributed by atoms with Crippen molar-refractivity contribution in [3.05, 3.63) is 0 Å². The van der Waals surface area contributed by atoms with Crippen molar-refractivity contribution in [2.24, 2.45) is 11.7 Å². The minimum atomic E-state index is -0.425. The van der Waals surface area contributed by atoms with E-state index in [1.807, 2.05) is 4.90 Å². The predicted molar refractivity (Wildman–Crippen MR) is 90.1 cm³/mol. The third-order valence-electron chi connectivity index (χ3n) is 5.75. The number of aliphatic hydroxyl groups is 1. The van der Waals surface area contributed by atoms with Crippen molar-refractivity contribution in [2.45, 2.75) is 69.2 Å². The summed E-state index contributed by atoms with van der Waals surface area (Å²) in [6, 6.07) is -0.523. The molecule has 0 bridgehead atoms.